The van der Waals surface area contributed by atoms with Crippen LogP contribution in [0.4, 0.5) is 17.1 Å². The van der Waals surface area contributed by atoms with Crippen LogP contribution in [0.2, 0.25) is 0 Å². The van der Waals surface area contributed by atoms with Gasteiger partial charge in [0.05, 0.1) is 0 Å². The van der Waals surface area contributed by atoms with Crippen molar-refractivity contribution >= 4 is 114 Å². The van der Waals surface area contributed by atoms with Crippen LogP contribution in [0.5, 0.6) is 0 Å². The number of hydrogen-bond acceptors (Lipinski definition) is 4. The maximum Gasteiger partial charge on any atom is 0.143 e. The zero-order valence-corrected chi connectivity index (χ0v) is 36.4. The monoisotopic (exact) mass is 859 g/mol. The van der Waals surface area contributed by atoms with Crippen molar-refractivity contribution in [2.45, 2.75) is 0 Å². The molecule has 11 aromatic carbocycles. The molecule has 4 heteroatoms. The van der Waals surface area contributed by atoms with Crippen LogP contribution >= 0.6 is 11.3 Å². The molecule has 0 saturated carbocycles. The van der Waals surface area contributed by atoms with E-state index < -0.39 is 0 Å². The fraction of sp³-hybridized carbons (Fsp3) is 0. The second kappa shape index (κ2) is 14.5. The number of benzene rings is 11. The van der Waals surface area contributed by atoms with Crippen molar-refractivity contribution in [3.8, 4) is 33.4 Å². The van der Waals surface area contributed by atoms with Crippen molar-refractivity contribution in [3.05, 3.63) is 224 Å². The Morgan fingerprint density at radius 3 is 1.26 bits per heavy atom. The third-order valence-corrected chi connectivity index (χ3v) is 14.7. The molecule has 0 saturated heterocycles. The molecule has 0 bridgehead atoms. The van der Waals surface area contributed by atoms with Gasteiger partial charge in [0.25, 0.3) is 0 Å². The van der Waals surface area contributed by atoms with E-state index in [0.717, 1.165) is 94.0 Å². The number of rotatable bonds is 6. The zero-order valence-electron chi connectivity index (χ0n) is 35.5. The smallest absolute Gasteiger partial charge is 0.143 e. The topological polar surface area (TPSA) is 29.5 Å². The van der Waals surface area contributed by atoms with Gasteiger partial charge in [0.2, 0.25) is 0 Å². The van der Waals surface area contributed by atoms with Crippen LogP contribution in [0, 0.1) is 0 Å². The molecule has 66 heavy (non-hydrogen) atoms. The van der Waals surface area contributed by atoms with Crippen molar-refractivity contribution in [1.82, 2.24) is 0 Å². The molecule has 3 nitrogen and oxygen atoms in total. The molecule has 0 aliphatic carbocycles. The highest BCUT2D eigenvalue weighted by atomic mass is 32.1. The molecular weight excluding hydrogens is 823 g/mol. The van der Waals surface area contributed by atoms with Crippen molar-refractivity contribution in [1.29, 1.82) is 0 Å². The normalized spacial score (nSPS) is 11.9. The minimum atomic E-state index is 0.892. The van der Waals surface area contributed by atoms with Crippen LogP contribution in [0.3, 0.4) is 0 Å². The molecule has 3 aromatic heterocycles. The molecule has 0 fully saturated rings. The van der Waals surface area contributed by atoms with Gasteiger partial charge < -0.3 is 13.7 Å². The highest BCUT2D eigenvalue weighted by molar-refractivity contribution is 7.26. The Bertz CT molecular complexity index is 4020. The molecule has 0 unspecified atom stereocenters. The standard InChI is InChI=1S/C62H37NO2S/c1-3-12-48-38(10-1)28-36-53-58-46(15-8-19-55(58)64-60(48)53)40-22-30-43(31-23-40)63(45-34-26-42(27-35-45)50-17-7-18-52-51-14-5-6-21-57(51)66-62(50)52)44-32-24-41(25-33-44)47-16-9-20-56-59(47)54-37-29-39-11-2-4-13-49(39)61(54)65-56/h1-37H. The lowest BCUT2D eigenvalue weighted by molar-refractivity contribution is 0.672. The third kappa shape index (κ3) is 5.69. The van der Waals surface area contributed by atoms with E-state index in [1.165, 1.54) is 42.1 Å². The molecular formula is C62H37NO2S. The molecule has 308 valence electrons. The molecule has 3 heterocycles. The molecule has 14 aromatic rings. The summed E-state index contributed by atoms with van der Waals surface area (Å²) in [4.78, 5) is 2.36. The van der Waals surface area contributed by atoms with Gasteiger partial charge in [-0.1, -0.05) is 158 Å². The fourth-order valence-corrected chi connectivity index (χ4v) is 11.6. The van der Waals surface area contributed by atoms with E-state index in [1.807, 2.05) is 11.3 Å². The Balaban J connectivity index is 0.885. The van der Waals surface area contributed by atoms with E-state index in [1.54, 1.807) is 0 Å². The molecule has 0 aliphatic rings. The minimum absolute atomic E-state index is 0.892. The van der Waals surface area contributed by atoms with Gasteiger partial charge in [-0.3, -0.25) is 0 Å². The minimum Gasteiger partial charge on any atom is -0.455 e. The lowest BCUT2D eigenvalue weighted by atomic mass is 9.97. The lowest BCUT2D eigenvalue weighted by Gasteiger charge is -2.26. The van der Waals surface area contributed by atoms with Crippen LogP contribution in [0.25, 0.3) is 119 Å². The second-order valence-electron chi connectivity index (χ2n) is 17.1. The summed E-state index contributed by atoms with van der Waals surface area (Å²) in [6, 6.07) is 80.9. The van der Waals surface area contributed by atoms with E-state index in [-0.39, 0.29) is 0 Å². The van der Waals surface area contributed by atoms with E-state index in [2.05, 4.69) is 229 Å². The van der Waals surface area contributed by atoms with Gasteiger partial charge in [-0.05, 0) is 111 Å². The maximum atomic E-state index is 6.57. The van der Waals surface area contributed by atoms with Crippen LogP contribution in [0.15, 0.2) is 233 Å². The Morgan fingerprint density at radius 2 is 0.727 bits per heavy atom. The number of hydrogen-bond donors (Lipinski definition) is 0. The molecule has 14 rings (SSSR count). The number of furan rings is 2. The van der Waals surface area contributed by atoms with E-state index in [9.17, 15) is 0 Å². The summed E-state index contributed by atoms with van der Waals surface area (Å²) < 4.78 is 15.8. The van der Waals surface area contributed by atoms with Crippen molar-refractivity contribution in [2.24, 2.45) is 0 Å². The predicted molar refractivity (Wildman–Crippen MR) is 280 cm³/mol. The average Bonchev–Trinajstić information content (AvgIpc) is 4.09. The Labute approximate surface area is 383 Å². The molecule has 0 N–H and O–H groups in total. The quantitative estimate of drug-likeness (QED) is 0.167. The van der Waals surface area contributed by atoms with Gasteiger partial charge in [0.1, 0.15) is 22.3 Å². The summed E-state index contributed by atoms with van der Waals surface area (Å²) >= 11 is 1.87. The summed E-state index contributed by atoms with van der Waals surface area (Å²) in [5.74, 6) is 0. The van der Waals surface area contributed by atoms with Crippen LogP contribution in [0.1, 0.15) is 0 Å². The molecule has 0 atom stereocenters. The van der Waals surface area contributed by atoms with Crippen LogP contribution in [-0.2, 0) is 0 Å². The second-order valence-corrected chi connectivity index (χ2v) is 18.2. The summed E-state index contributed by atoms with van der Waals surface area (Å²) in [6.07, 6.45) is 0. The maximum absolute atomic E-state index is 6.57. The SMILES string of the molecule is c1ccc2c(c1)ccc1c2oc2cccc(-c3ccc(N(c4ccc(-c5cccc6c5sc5ccccc56)cc4)c4ccc(-c5cccc6oc7c8ccccc8ccc7c56)cc4)cc3)c21. The van der Waals surface area contributed by atoms with Crippen molar-refractivity contribution < 1.29 is 8.83 Å². The fourth-order valence-electron chi connectivity index (χ4n) is 10.4. The lowest BCUT2D eigenvalue weighted by Crippen LogP contribution is -2.09. The summed E-state index contributed by atoms with van der Waals surface area (Å²) in [6.45, 7) is 0. The third-order valence-electron chi connectivity index (χ3n) is 13.5. The average molecular weight is 860 g/mol. The van der Waals surface area contributed by atoms with Gasteiger partial charge in [0.15, 0.2) is 0 Å². The van der Waals surface area contributed by atoms with Gasteiger partial charge in [-0.25, -0.2) is 0 Å². The molecule has 0 radical (unpaired) electrons. The summed E-state index contributed by atoms with van der Waals surface area (Å²) in [5, 5.41) is 11.8. The number of fused-ring (bicyclic) bond motifs is 13. The van der Waals surface area contributed by atoms with Gasteiger partial charge in [-0.2, -0.15) is 0 Å². The van der Waals surface area contributed by atoms with Gasteiger partial charge >= 0.3 is 0 Å². The van der Waals surface area contributed by atoms with Crippen molar-refractivity contribution in [2.75, 3.05) is 4.90 Å². The first-order chi connectivity index (χ1) is 32.7. The number of nitrogens with zero attached hydrogens (tertiary/aromatic N) is 1. The molecule has 0 spiro atoms. The molecule has 0 amide bonds. The Hall–Kier alpha value is -8.44. The first-order valence-electron chi connectivity index (χ1n) is 22.4. The number of anilines is 3. The summed E-state index contributed by atoms with van der Waals surface area (Å²) in [7, 11) is 0. The zero-order chi connectivity index (χ0) is 43.3. The first kappa shape index (κ1) is 37.0. The first-order valence-corrected chi connectivity index (χ1v) is 23.2. The largest absolute Gasteiger partial charge is 0.455 e. The van der Waals surface area contributed by atoms with E-state index >= 15 is 0 Å². The van der Waals surface area contributed by atoms with Crippen LogP contribution < -0.4 is 4.90 Å². The summed E-state index contributed by atoms with van der Waals surface area (Å²) in [5.41, 5.74) is 13.9. The number of thiophene rings is 1. The van der Waals surface area contributed by atoms with Gasteiger partial charge in [-0.15, -0.1) is 11.3 Å². The van der Waals surface area contributed by atoms with E-state index in [4.69, 9.17) is 8.83 Å². The Morgan fingerprint density at radius 1 is 0.303 bits per heavy atom. The van der Waals surface area contributed by atoms with Crippen LogP contribution in [-0.4, -0.2) is 0 Å². The molecule has 0 aliphatic heterocycles. The highest BCUT2D eigenvalue weighted by Crippen LogP contribution is 2.45. The van der Waals surface area contributed by atoms with Crippen molar-refractivity contribution in [3.63, 3.8) is 0 Å². The highest BCUT2D eigenvalue weighted by Gasteiger charge is 2.19. The predicted octanol–water partition coefficient (Wildman–Crippen LogP) is 18.6. The Kier molecular flexibility index (Phi) is 8.15. The van der Waals surface area contributed by atoms with E-state index in [0.29, 0.717) is 0 Å². The van der Waals surface area contributed by atoms with Gasteiger partial charge in [0, 0.05) is 69.6 Å².